The number of nitrogens with two attached hydrogens (primary N) is 2. The van der Waals surface area contributed by atoms with Crippen LogP contribution in [0, 0.1) is 0 Å². The molecule has 18 heteroatoms. The molecule has 6 N–H and O–H groups in total. The average Bonchev–Trinajstić information content (AvgIpc) is 3.13. The van der Waals surface area contributed by atoms with Crippen LogP contribution in [-0.4, -0.2) is 123 Å². The zero-order chi connectivity index (χ0) is 39.4. The lowest BCUT2D eigenvalue weighted by Gasteiger charge is -2.37. The predicted octanol–water partition coefficient (Wildman–Crippen LogP) is 3.65. The Morgan fingerprint density at radius 3 is 1.66 bits per heavy atom. The zero-order valence-electron chi connectivity index (χ0n) is 31.5. The maximum absolute atomic E-state index is 13.1. The zero-order valence-corrected chi connectivity index (χ0v) is 31.5. The van der Waals surface area contributed by atoms with Gasteiger partial charge in [0.15, 0.2) is 0 Å². The van der Waals surface area contributed by atoms with Crippen LogP contribution >= 0.6 is 0 Å². The first-order valence-corrected chi connectivity index (χ1v) is 18.3. The SMILES string of the molecule is C=C(C)C(=O)OCCOC(=O)NCCCCCCN(N)C(=O)N1CCCCC1CCOC(=O)NCCCCCCN(N)C(=O)OCCOC(=O)C(=C)C. The van der Waals surface area contributed by atoms with Crippen molar-refractivity contribution in [1.82, 2.24) is 25.6 Å². The molecule has 1 atom stereocenters. The number of alkyl carbamates (subject to hydrolysis) is 2. The summed E-state index contributed by atoms with van der Waals surface area (Å²) in [4.78, 5) is 73.2. The Hall–Kier alpha value is -4.58. The Kier molecular flexibility index (Phi) is 24.5. The minimum atomic E-state index is -0.711. The fourth-order valence-corrected chi connectivity index (χ4v) is 5.06. The number of rotatable bonds is 25. The highest BCUT2D eigenvalue weighted by Crippen LogP contribution is 2.21. The van der Waals surface area contributed by atoms with Crippen molar-refractivity contribution in [3.05, 3.63) is 24.3 Å². The van der Waals surface area contributed by atoms with E-state index < -0.39 is 30.2 Å². The van der Waals surface area contributed by atoms with Gasteiger partial charge in [0, 0.05) is 56.3 Å². The van der Waals surface area contributed by atoms with Gasteiger partial charge in [-0.3, -0.25) is 5.01 Å². The normalized spacial score (nSPS) is 13.6. The standard InChI is InChI=1S/C35H61N7O11/c1-27(2)30(43)49-23-25-52-33(46)39-18-10-5-7-12-20-41(36)34(47)40-19-14-9-15-29(40)16-22-51-32(45)38-17-11-6-8-13-21-42(37)35(48)53-26-24-50-31(44)28(3)4/h29H,1,3,5-26,36-37H2,2,4H3,(H,38,45)(H,39,46). The van der Waals surface area contributed by atoms with E-state index in [4.69, 9.17) is 35.4 Å². The molecule has 1 fully saturated rings. The van der Waals surface area contributed by atoms with Crippen LogP contribution in [0.4, 0.5) is 19.2 Å². The number of hydrogen-bond acceptors (Lipinski definition) is 13. The molecule has 0 aromatic carbocycles. The molecule has 302 valence electrons. The third-order valence-corrected chi connectivity index (χ3v) is 8.02. The number of amides is 5. The van der Waals surface area contributed by atoms with Crippen molar-refractivity contribution in [3.63, 3.8) is 0 Å². The number of hydrogen-bond donors (Lipinski definition) is 4. The number of carbonyl (C=O) groups excluding carboxylic acids is 6. The maximum atomic E-state index is 13.1. The molecule has 0 saturated carbocycles. The number of unbranched alkanes of at least 4 members (excludes halogenated alkanes) is 6. The number of likely N-dealkylation sites (tertiary alicyclic amines) is 1. The first-order valence-electron chi connectivity index (χ1n) is 18.3. The van der Waals surface area contributed by atoms with Crippen LogP contribution in [-0.2, 0) is 33.3 Å². The first kappa shape index (κ1) is 46.4. The summed E-state index contributed by atoms with van der Waals surface area (Å²) in [6.45, 7) is 12.0. The van der Waals surface area contributed by atoms with Gasteiger partial charge in [0.2, 0.25) is 0 Å². The number of piperidine rings is 1. The third-order valence-electron chi connectivity index (χ3n) is 8.02. The van der Waals surface area contributed by atoms with E-state index in [1.165, 1.54) is 18.9 Å². The molecule has 1 unspecified atom stereocenters. The van der Waals surface area contributed by atoms with Crippen molar-refractivity contribution in [2.45, 2.75) is 96.9 Å². The summed E-state index contributed by atoms with van der Waals surface area (Å²) in [7, 11) is 0. The lowest BCUT2D eigenvalue weighted by Crippen LogP contribution is -2.53. The third kappa shape index (κ3) is 22.2. The number of hydrazine groups is 2. The first-order chi connectivity index (χ1) is 25.3. The topological polar surface area (TPSA) is 234 Å². The Labute approximate surface area is 312 Å². The van der Waals surface area contributed by atoms with E-state index in [1.807, 2.05) is 0 Å². The van der Waals surface area contributed by atoms with Crippen molar-refractivity contribution >= 4 is 36.2 Å². The van der Waals surface area contributed by atoms with E-state index in [0.717, 1.165) is 62.8 Å². The number of nitrogens with one attached hydrogen (secondary N) is 2. The highest BCUT2D eigenvalue weighted by molar-refractivity contribution is 5.87. The Balaban J connectivity index is 2.13. The summed E-state index contributed by atoms with van der Waals surface area (Å²) in [6.07, 6.45) is 7.42. The molecule has 1 aliphatic rings. The Morgan fingerprint density at radius 1 is 0.642 bits per heavy atom. The van der Waals surface area contributed by atoms with E-state index in [-0.39, 0.29) is 56.3 Å². The molecule has 5 amide bonds. The molecule has 1 heterocycles. The quantitative estimate of drug-likeness (QED) is 0.0198. The molecule has 0 radical (unpaired) electrons. The maximum Gasteiger partial charge on any atom is 0.424 e. The number of esters is 2. The van der Waals surface area contributed by atoms with E-state index >= 15 is 0 Å². The van der Waals surface area contributed by atoms with Gasteiger partial charge in [-0.25, -0.2) is 45.5 Å². The molecule has 0 bridgehead atoms. The summed E-state index contributed by atoms with van der Waals surface area (Å²) < 4.78 is 24.9. The molecule has 0 aromatic rings. The molecule has 1 aliphatic heterocycles. The molecule has 0 spiro atoms. The second-order valence-corrected chi connectivity index (χ2v) is 12.7. The van der Waals surface area contributed by atoms with Crippen LogP contribution in [0.1, 0.15) is 90.9 Å². The van der Waals surface area contributed by atoms with Gasteiger partial charge >= 0.3 is 36.2 Å². The largest absolute Gasteiger partial charge is 0.459 e. The number of nitrogens with zero attached hydrogens (tertiary/aromatic N) is 3. The van der Waals surface area contributed by atoms with Gasteiger partial charge in [0.1, 0.15) is 26.4 Å². The smallest absolute Gasteiger partial charge is 0.424 e. The summed E-state index contributed by atoms with van der Waals surface area (Å²) in [5.41, 5.74) is 0.532. The summed E-state index contributed by atoms with van der Waals surface area (Å²) in [6, 6.07) is -0.314. The molecule has 53 heavy (non-hydrogen) atoms. The monoisotopic (exact) mass is 755 g/mol. The number of carbonyl (C=O) groups is 6. The van der Waals surface area contributed by atoms with Crippen LogP contribution in [0.25, 0.3) is 0 Å². The molecule has 18 nitrogen and oxygen atoms in total. The predicted molar refractivity (Wildman–Crippen MR) is 195 cm³/mol. The van der Waals surface area contributed by atoms with Crippen LogP contribution in [0.5, 0.6) is 0 Å². The van der Waals surface area contributed by atoms with Crippen molar-refractivity contribution in [2.24, 2.45) is 11.7 Å². The van der Waals surface area contributed by atoms with Gasteiger partial charge in [-0.05, 0) is 58.8 Å². The number of urea groups is 1. The van der Waals surface area contributed by atoms with Crippen molar-refractivity contribution in [2.75, 3.05) is 65.8 Å². The molecular weight excluding hydrogens is 694 g/mol. The van der Waals surface area contributed by atoms with Gasteiger partial charge in [-0.1, -0.05) is 38.8 Å². The molecule has 0 aliphatic carbocycles. The highest BCUT2D eigenvalue weighted by Gasteiger charge is 2.29. The highest BCUT2D eigenvalue weighted by atomic mass is 16.6. The fourth-order valence-electron chi connectivity index (χ4n) is 5.06. The van der Waals surface area contributed by atoms with E-state index in [9.17, 15) is 28.8 Å². The van der Waals surface area contributed by atoms with E-state index in [1.54, 1.807) is 4.90 Å². The summed E-state index contributed by atoms with van der Waals surface area (Å²) in [5.74, 6) is 10.7. The average molecular weight is 756 g/mol. The van der Waals surface area contributed by atoms with Crippen LogP contribution in [0.15, 0.2) is 24.3 Å². The van der Waals surface area contributed by atoms with Crippen LogP contribution in [0.3, 0.4) is 0 Å². The summed E-state index contributed by atoms with van der Waals surface area (Å²) >= 11 is 0. The fraction of sp³-hybridized carbons (Fsp3) is 0.714. The lowest BCUT2D eigenvalue weighted by molar-refractivity contribution is -0.140. The molecule has 1 rings (SSSR count). The molecule has 1 saturated heterocycles. The van der Waals surface area contributed by atoms with Crippen molar-refractivity contribution in [1.29, 1.82) is 0 Å². The van der Waals surface area contributed by atoms with Gasteiger partial charge in [-0.2, -0.15) is 0 Å². The molecular formula is C35H61N7O11. The van der Waals surface area contributed by atoms with Gasteiger partial charge in [0.05, 0.1) is 6.61 Å². The van der Waals surface area contributed by atoms with Crippen LogP contribution in [0.2, 0.25) is 0 Å². The van der Waals surface area contributed by atoms with Gasteiger partial charge in [-0.15, -0.1) is 0 Å². The molecule has 0 aromatic heterocycles. The minimum absolute atomic E-state index is 0.0390. The van der Waals surface area contributed by atoms with E-state index in [0.29, 0.717) is 52.0 Å². The van der Waals surface area contributed by atoms with E-state index in [2.05, 4.69) is 23.8 Å². The minimum Gasteiger partial charge on any atom is -0.459 e. The van der Waals surface area contributed by atoms with Crippen molar-refractivity contribution in [3.8, 4) is 0 Å². The Bertz CT molecular complexity index is 1190. The van der Waals surface area contributed by atoms with Gasteiger partial charge in [0.25, 0.3) is 0 Å². The van der Waals surface area contributed by atoms with Gasteiger partial charge < -0.3 is 39.2 Å². The second kappa shape index (κ2) is 28.0. The number of ether oxygens (including phenoxy) is 5. The second-order valence-electron chi connectivity index (χ2n) is 12.7. The Morgan fingerprint density at radius 2 is 1.11 bits per heavy atom. The lowest BCUT2D eigenvalue weighted by atomic mass is 10.00. The van der Waals surface area contributed by atoms with Crippen LogP contribution < -0.4 is 22.3 Å². The summed E-state index contributed by atoms with van der Waals surface area (Å²) in [5, 5.41) is 7.58. The van der Waals surface area contributed by atoms with Crippen molar-refractivity contribution < 1.29 is 52.5 Å².